The Hall–Kier alpha value is -1.19. The van der Waals surface area contributed by atoms with Gasteiger partial charge in [-0.1, -0.05) is 24.3 Å². The monoisotopic (exact) mass is 258 g/mol. The molecular weight excluding hydrogens is 236 g/mol. The molecule has 2 aliphatic heterocycles. The first-order valence-electron chi connectivity index (χ1n) is 7.29. The average molecular weight is 258 g/mol. The summed E-state index contributed by atoms with van der Waals surface area (Å²) >= 11 is 0. The van der Waals surface area contributed by atoms with E-state index in [1.165, 1.54) is 19.4 Å². The van der Waals surface area contributed by atoms with Crippen LogP contribution in [0.15, 0.2) is 24.3 Å². The molecule has 0 radical (unpaired) electrons. The van der Waals surface area contributed by atoms with E-state index in [9.17, 15) is 4.79 Å². The van der Waals surface area contributed by atoms with Crippen LogP contribution >= 0.6 is 0 Å². The minimum Gasteiger partial charge on any atom is -0.298 e. The van der Waals surface area contributed by atoms with Crippen LogP contribution in [0.4, 0.5) is 0 Å². The molecule has 1 aromatic rings. The molecule has 0 saturated carbocycles. The van der Waals surface area contributed by atoms with Crippen molar-refractivity contribution in [2.45, 2.75) is 25.8 Å². The Morgan fingerprint density at radius 2 is 2.11 bits per heavy atom. The molecule has 102 valence electrons. The third-order valence-corrected chi connectivity index (χ3v) is 4.48. The minimum absolute atomic E-state index is 0.268. The molecule has 2 saturated heterocycles. The summed E-state index contributed by atoms with van der Waals surface area (Å²) in [4.78, 5) is 17.3. The van der Waals surface area contributed by atoms with Gasteiger partial charge in [-0.15, -0.1) is 0 Å². The number of benzene rings is 1. The van der Waals surface area contributed by atoms with E-state index < -0.39 is 0 Å². The number of hydrogen-bond donors (Lipinski definition) is 0. The van der Waals surface area contributed by atoms with Crippen molar-refractivity contribution >= 4 is 5.78 Å². The van der Waals surface area contributed by atoms with Crippen LogP contribution in [0.2, 0.25) is 0 Å². The Balaban J connectivity index is 1.62. The van der Waals surface area contributed by atoms with Crippen molar-refractivity contribution in [3.63, 3.8) is 0 Å². The fourth-order valence-corrected chi connectivity index (χ4v) is 3.37. The smallest absolute Gasteiger partial charge is 0.177 e. The fraction of sp³-hybridized carbons (Fsp3) is 0.562. The molecule has 1 atom stereocenters. The summed E-state index contributed by atoms with van der Waals surface area (Å²) in [7, 11) is 0. The van der Waals surface area contributed by atoms with Crippen LogP contribution in [0.1, 0.15) is 28.8 Å². The van der Waals surface area contributed by atoms with Crippen LogP contribution in [0.3, 0.4) is 0 Å². The lowest BCUT2D eigenvalue weighted by Crippen LogP contribution is -2.51. The van der Waals surface area contributed by atoms with E-state index in [0.29, 0.717) is 12.6 Å². The van der Waals surface area contributed by atoms with Gasteiger partial charge in [0.15, 0.2) is 5.78 Å². The maximum absolute atomic E-state index is 12.4. The first-order chi connectivity index (χ1) is 9.24. The molecule has 0 bridgehead atoms. The zero-order valence-electron chi connectivity index (χ0n) is 11.6. The van der Waals surface area contributed by atoms with E-state index in [1.807, 2.05) is 31.2 Å². The van der Waals surface area contributed by atoms with Gasteiger partial charge in [0.1, 0.15) is 0 Å². The quantitative estimate of drug-likeness (QED) is 0.774. The van der Waals surface area contributed by atoms with Gasteiger partial charge in [-0.25, -0.2) is 0 Å². The van der Waals surface area contributed by atoms with E-state index in [2.05, 4.69) is 9.80 Å². The summed E-state index contributed by atoms with van der Waals surface area (Å²) in [5.74, 6) is 0.268. The lowest BCUT2D eigenvalue weighted by atomic mass is 10.0. The van der Waals surface area contributed by atoms with Gasteiger partial charge in [0.25, 0.3) is 0 Å². The summed E-state index contributed by atoms with van der Waals surface area (Å²) in [5.41, 5.74) is 1.98. The maximum atomic E-state index is 12.4. The maximum Gasteiger partial charge on any atom is 0.177 e. The molecule has 1 unspecified atom stereocenters. The van der Waals surface area contributed by atoms with Gasteiger partial charge in [-0.2, -0.15) is 0 Å². The molecule has 0 aliphatic carbocycles. The van der Waals surface area contributed by atoms with Crippen molar-refractivity contribution < 1.29 is 4.79 Å². The molecule has 0 aromatic heterocycles. The van der Waals surface area contributed by atoms with Gasteiger partial charge in [0.2, 0.25) is 0 Å². The average Bonchev–Trinajstić information content (AvgIpc) is 2.86. The zero-order valence-corrected chi connectivity index (χ0v) is 11.6. The third kappa shape index (κ3) is 2.72. The first-order valence-corrected chi connectivity index (χ1v) is 7.29. The number of Topliss-reactive ketones (excluding diaryl/α,β-unsaturated/α-hetero) is 1. The molecule has 2 heterocycles. The molecule has 2 fully saturated rings. The Morgan fingerprint density at radius 3 is 2.95 bits per heavy atom. The van der Waals surface area contributed by atoms with E-state index in [-0.39, 0.29) is 5.78 Å². The Labute approximate surface area is 115 Å². The van der Waals surface area contributed by atoms with Crippen molar-refractivity contribution in [3.8, 4) is 0 Å². The number of hydrogen-bond acceptors (Lipinski definition) is 3. The summed E-state index contributed by atoms with van der Waals surface area (Å²) in [6.07, 6.45) is 2.62. The van der Waals surface area contributed by atoms with Gasteiger partial charge in [-0.3, -0.25) is 14.6 Å². The predicted octanol–water partition coefficient (Wildman–Crippen LogP) is 1.96. The second-order valence-corrected chi connectivity index (χ2v) is 5.81. The Bertz CT molecular complexity index is 472. The lowest BCUT2D eigenvalue weighted by molar-refractivity contribution is 0.0784. The van der Waals surface area contributed by atoms with Crippen molar-refractivity contribution in [2.75, 3.05) is 32.7 Å². The van der Waals surface area contributed by atoms with Crippen molar-refractivity contribution in [3.05, 3.63) is 35.4 Å². The molecule has 2 aliphatic rings. The highest BCUT2D eigenvalue weighted by atomic mass is 16.1. The Kier molecular flexibility index (Phi) is 3.67. The van der Waals surface area contributed by atoms with Crippen LogP contribution in [0.25, 0.3) is 0 Å². The molecule has 1 aromatic carbocycles. The molecule has 0 N–H and O–H groups in total. The van der Waals surface area contributed by atoms with Gasteiger partial charge in [0.05, 0.1) is 6.54 Å². The van der Waals surface area contributed by atoms with E-state index >= 15 is 0 Å². The fourth-order valence-electron chi connectivity index (χ4n) is 3.37. The van der Waals surface area contributed by atoms with Crippen molar-refractivity contribution in [1.82, 2.24) is 9.80 Å². The highest BCUT2D eigenvalue weighted by Gasteiger charge is 2.31. The van der Waals surface area contributed by atoms with Crippen LogP contribution in [-0.2, 0) is 0 Å². The number of carbonyl (C=O) groups is 1. The van der Waals surface area contributed by atoms with Crippen LogP contribution in [-0.4, -0.2) is 54.3 Å². The summed E-state index contributed by atoms with van der Waals surface area (Å²) in [6.45, 7) is 7.08. The van der Waals surface area contributed by atoms with Crippen LogP contribution in [0, 0.1) is 6.92 Å². The molecule has 0 spiro atoms. The number of carbonyl (C=O) groups excluding carboxylic acids is 1. The minimum atomic E-state index is 0.268. The Morgan fingerprint density at radius 1 is 1.26 bits per heavy atom. The van der Waals surface area contributed by atoms with Gasteiger partial charge >= 0.3 is 0 Å². The normalized spacial score (nSPS) is 24.4. The number of nitrogens with zero attached hydrogens (tertiary/aromatic N) is 2. The third-order valence-electron chi connectivity index (χ3n) is 4.48. The molecule has 19 heavy (non-hydrogen) atoms. The number of ketones is 1. The van der Waals surface area contributed by atoms with E-state index in [0.717, 1.165) is 30.8 Å². The van der Waals surface area contributed by atoms with Crippen LogP contribution < -0.4 is 0 Å². The lowest BCUT2D eigenvalue weighted by Gasteiger charge is -2.37. The first kappa shape index (κ1) is 12.8. The predicted molar refractivity (Wildman–Crippen MR) is 76.5 cm³/mol. The SMILES string of the molecule is Cc1ccccc1C(=O)CN1CCN2CCCC2C1. The van der Waals surface area contributed by atoms with Gasteiger partial charge in [0, 0.05) is 31.2 Å². The topological polar surface area (TPSA) is 23.6 Å². The molecule has 3 heteroatoms. The van der Waals surface area contributed by atoms with Gasteiger partial charge < -0.3 is 0 Å². The molecule has 3 nitrogen and oxygen atoms in total. The number of rotatable bonds is 3. The largest absolute Gasteiger partial charge is 0.298 e. The number of piperazine rings is 1. The summed E-state index contributed by atoms with van der Waals surface area (Å²) in [6, 6.07) is 8.60. The molecular formula is C16H22N2O. The zero-order chi connectivity index (χ0) is 13.2. The highest BCUT2D eigenvalue weighted by Crippen LogP contribution is 2.21. The molecule has 3 rings (SSSR count). The second-order valence-electron chi connectivity index (χ2n) is 5.81. The molecule has 0 amide bonds. The summed E-state index contributed by atoms with van der Waals surface area (Å²) < 4.78 is 0. The van der Waals surface area contributed by atoms with Crippen LogP contribution in [0.5, 0.6) is 0 Å². The van der Waals surface area contributed by atoms with E-state index in [1.54, 1.807) is 0 Å². The standard InChI is InChI=1S/C16H22N2O/c1-13-5-2-3-7-15(13)16(19)12-17-9-10-18-8-4-6-14(18)11-17/h2-3,5,7,14H,4,6,8-12H2,1H3. The number of fused-ring (bicyclic) bond motifs is 1. The highest BCUT2D eigenvalue weighted by molar-refractivity contribution is 5.98. The van der Waals surface area contributed by atoms with Crippen molar-refractivity contribution in [1.29, 1.82) is 0 Å². The van der Waals surface area contributed by atoms with Gasteiger partial charge in [-0.05, 0) is 31.9 Å². The summed E-state index contributed by atoms with van der Waals surface area (Å²) in [5, 5.41) is 0. The van der Waals surface area contributed by atoms with E-state index in [4.69, 9.17) is 0 Å². The second kappa shape index (κ2) is 5.43. The van der Waals surface area contributed by atoms with Crippen molar-refractivity contribution in [2.24, 2.45) is 0 Å². The number of aryl methyl sites for hydroxylation is 1.